The number of hydrogen-bond donors (Lipinski definition) is 2. The van der Waals surface area contributed by atoms with Gasteiger partial charge in [0.25, 0.3) is 0 Å². The van der Waals surface area contributed by atoms with Crippen LogP contribution in [0.4, 0.5) is 0 Å². The molecule has 8 nitrogen and oxygen atoms in total. The topological polar surface area (TPSA) is 79.6 Å². The number of hydrogen-bond acceptors (Lipinski definition) is 6. The number of guanidine groups is 1. The summed E-state index contributed by atoms with van der Waals surface area (Å²) in [4.78, 5) is 9.73. The Morgan fingerprint density at radius 3 is 2.70 bits per heavy atom. The zero-order valence-corrected chi connectivity index (χ0v) is 17.2. The predicted octanol–water partition coefficient (Wildman–Crippen LogP) is 1.06. The van der Waals surface area contributed by atoms with Gasteiger partial charge in [0.2, 0.25) is 0 Å². The van der Waals surface area contributed by atoms with Crippen LogP contribution in [0.5, 0.6) is 0 Å². The Balaban J connectivity index is 1.56. The van der Waals surface area contributed by atoms with E-state index >= 15 is 0 Å². The first-order valence-electron chi connectivity index (χ1n) is 9.34. The average molecular weight is 392 g/mol. The van der Waals surface area contributed by atoms with Crippen molar-refractivity contribution in [3.05, 3.63) is 33.5 Å². The van der Waals surface area contributed by atoms with Gasteiger partial charge in [0.1, 0.15) is 12.4 Å². The fourth-order valence-electron chi connectivity index (χ4n) is 2.82. The lowest BCUT2D eigenvalue weighted by atomic mass is 10.4. The molecule has 0 aliphatic carbocycles. The highest BCUT2D eigenvalue weighted by Gasteiger charge is 2.10. The highest BCUT2D eigenvalue weighted by atomic mass is 32.1. The lowest BCUT2D eigenvalue weighted by molar-refractivity contribution is 0.0389. The summed E-state index contributed by atoms with van der Waals surface area (Å²) < 4.78 is 7.37. The Kier molecular flexibility index (Phi) is 7.19. The van der Waals surface area contributed by atoms with Gasteiger partial charge in [-0.2, -0.15) is 0 Å². The van der Waals surface area contributed by atoms with Gasteiger partial charge in [-0.05, 0) is 26.0 Å². The number of ether oxygens (including phenoxy) is 1. The van der Waals surface area contributed by atoms with Crippen molar-refractivity contribution in [1.29, 1.82) is 0 Å². The number of aryl methyl sites for hydroxylation is 2. The van der Waals surface area contributed by atoms with Crippen molar-refractivity contribution in [3.8, 4) is 0 Å². The van der Waals surface area contributed by atoms with Crippen LogP contribution in [0.15, 0.2) is 17.1 Å². The van der Waals surface area contributed by atoms with E-state index in [4.69, 9.17) is 9.73 Å². The molecule has 2 aromatic rings. The Labute approximate surface area is 164 Å². The quantitative estimate of drug-likeness (QED) is 0.543. The second-order valence-corrected chi connectivity index (χ2v) is 8.01. The van der Waals surface area contributed by atoms with E-state index in [1.54, 1.807) is 11.3 Å². The molecule has 3 heterocycles. The minimum Gasteiger partial charge on any atom is -0.379 e. The molecule has 1 saturated heterocycles. The van der Waals surface area contributed by atoms with E-state index in [1.165, 1.54) is 9.75 Å². The maximum atomic E-state index is 5.41. The molecule has 0 radical (unpaired) electrons. The van der Waals surface area contributed by atoms with Crippen LogP contribution in [0.25, 0.3) is 0 Å². The lowest BCUT2D eigenvalue weighted by Gasteiger charge is -2.26. The standard InChI is InChI=1S/C18H29N7OS/c1-14-4-5-16(27-14)12-20-18(19-6-7-25-8-10-26-11-9-25)21-13-17-23-22-15(2)24(17)3/h4-5H,6-13H2,1-3H3,(H2,19,20,21). The minimum absolute atomic E-state index is 0.494. The zero-order chi connectivity index (χ0) is 19.1. The van der Waals surface area contributed by atoms with Gasteiger partial charge in [0, 0.05) is 43.0 Å². The molecule has 148 valence electrons. The van der Waals surface area contributed by atoms with Crippen LogP contribution < -0.4 is 10.6 Å². The van der Waals surface area contributed by atoms with Crippen LogP contribution in [0.3, 0.4) is 0 Å². The fourth-order valence-corrected chi connectivity index (χ4v) is 3.65. The second-order valence-electron chi connectivity index (χ2n) is 6.63. The molecular formula is C18H29N7OS. The number of thiophene rings is 1. The molecule has 9 heteroatoms. The van der Waals surface area contributed by atoms with Crippen LogP contribution in [-0.4, -0.2) is 65.0 Å². The van der Waals surface area contributed by atoms with E-state index in [0.717, 1.165) is 63.5 Å². The number of nitrogens with zero attached hydrogens (tertiary/aromatic N) is 5. The first-order valence-corrected chi connectivity index (χ1v) is 10.2. The maximum absolute atomic E-state index is 5.41. The summed E-state index contributed by atoms with van der Waals surface area (Å²) in [6.45, 7) is 10.8. The second kappa shape index (κ2) is 9.82. The first-order chi connectivity index (χ1) is 13.1. The maximum Gasteiger partial charge on any atom is 0.192 e. The van der Waals surface area contributed by atoms with Crippen LogP contribution >= 0.6 is 11.3 Å². The van der Waals surface area contributed by atoms with Gasteiger partial charge in [-0.25, -0.2) is 4.99 Å². The molecule has 1 fully saturated rings. The summed E-state index contributed by atoms with van der Waals surface area (Å²) in [7, 11) is 1.97. The van der Waals surface area contributed by atoms with Gasteiger partial charge >= 0.3 is 0 Å². The third-order valence-electron chi connectivity index (χ3n) is 4.61. The lowest BCUT2D eigenvalue weighted by Crippen LogP contribution is -2.44. The molecule has 0 spiro atoms. The molecule has 0 aromatic carbocycles. The first kappa shape index (κ1) is 19.8. The van der Waals surface area contributed by atoms with Crippen molar-refractivity contribution in [1.82, 2.24) is 30.3 Å². The van der Waals surface area contributed by atoms with E-state index in [0.29, 0.717) is 6.54 Å². The highest BCUT2D eigenvalue weighted by molar-refractivity contribution is 7.11. The fraction of sp³-hybridized carbons (Fsp3) is 0.611. The summed E-state index contributed by atoms with van der Waals surface area (Å²) in [5.41, 5.74) is 0. The van der Waals surface area contributed by atoms with E-state index < -0.39 is 0 Å². The number of nitrogens with one attached hydrogen (secondary N) is 2. The zero-order valence-electron chi connectivity index (χ0n) is 16.4. The summed E-state index contributed by atoms with van der Waals surface area (Å²) in [5.74, 6) is 2.55. The summed E-state index contributed by atoms with van der Waals surface area (Å²) in [5, 5.41) is 15.2. The van der Waals surface area contributed by atoms with Crippen molar-refractivity contribution in [2.75, 3.05) is 39.4 Å². The molecule has 1 aliphatic heterocycles. The summed E-state index contributed by atoms with van der Waals surface area (Å²) >= 11 is 1.80. The Bertz CT molecular complexity index is 749. The summed E-state index contributed by atoms with van der Waals surface area (Å²) in [6, 6.07) is 4.30. The van der Waals surface area contributed by atoms with E-state index in [1.807, 2.05) is 18.5 Å². The van der Waals surface area contributed by atoms with Gasteiger partial charge in [0.05, 0.1) is 19.8 Å². The van der Waals surface area contributed by atoms with Gasteiger partial charge in [0.15, 0.2) is 11.8 Å². The van der Waals surface area contributed by atoms with Gasteiger partial charge in [-0.15, -0.1) is 21.5 Å². The van der Waals surface area contributed by atoms with Crippen LogP contribution in [0.2, 0.25) is 0 Å². The average Bonchev–Trinajstić information content (AvgIpc) is 3.24. The largest absolute Gasteiger partial charge is 0.379 e. The van der Waals surface area contributed by atoms with E-state index in [-0.39, 0.29) is 0 Å². The molecule has 27 heavy (non-hydrogen) atoms. The third kappa shape index (κ3) is 6.02. The molecule has 3 rings (SSSR count). The Hall–Kier alpha value is -1.97. The molecular weight excluding hydrogens is 362 g/mol. The number of aromatic nitrogens is 3. The third-order valence-corrected chi connectivity index (χ3v) is 5.61. The molecule has 0 atom stereocenters. The number of morpholine rings is 1. The molecule has 1 aliphatic rings. The highest BCUT2D eigenvalue weighted by Crippen LogP contribution is 2.14. The number of rotatable bonds is 7. The van der Waals surface area contributed by atoms with Crippen molar-refractivity contribution < 1.29 is 4.74 Å². The molecule has 0 unspecified atom stereocenters. The Morgan fingerprint density at radius 1 is 1.22 bits per heavy atom. The predicted molar refractivity (Wildman–Crippen MR) is 108 cm³/mol. The molecule has 0 bridgehead atoms. The van der Waals surface area contributed by atoms with Crippen molar-refractivity contribution in [3.63, 3.8) is 0 Å². The molecule has 2 aromatic heterocycles. The van der Waals surface area contributed by atoms with Crippen molar-refractivity contribution in [2.45, 2.75) is 26.9 Å². The smallest absolute Gasteiger partial charge is 0.192 e. The SMILES string of the molecule is Cc1ccc(CNC(=NCc2nnc(C)n2C)NCCN2CCOCC2)s1. The van der Waals surface area contributed by atoms with Crippen molar-refractivity contribution >= 4 is 17.3 Å². The van der Waals surface area contributed by atoms with Crippen LogP contribution in [0, 0.1) is 13.8 Å². The van der Waals surface area contributed by atoms with E-state index in [9.17, 15) is 0 Å². The molecule has 0 saturated carbocycles. The molecule has 0 amide bonds. The normalized spacial score (nSPS) is 15.9. The monoisotopic (exact) mass is 391 g/mol. The van der Waals surface area contributed by atoms with Gasteiger partial charge in [-0.3, -0.25) is 4.90 Å². The summed E-state index contributed by atoms with van der Waals surface area (Å²) in [6.07, 6.45) is 0. The van der Waals surface area contributed by atoms with Gasteiger partial charge < -0.3 is 19.9 Å². The van der Waals surface area contributed by atoms with Crippen molar-refractivity contribution in [2.24, 2.45) is 12.0 Å². The molecule has 2 N–H and O–H groups in total. The minimum atomic E-state index is 0.494. The van der Waals surface area contributed by atoms with Crippen LogP contribution in [0.1, 0.15) is 21.4 Å². The van der Waals surface area contributed by atoms with Crippen LogP contribution in [-0.2, 0) is 24.9 Å². The van der Waals surface area contributed by atoms with E-state index in [2.05, 4.69) is 44.8 Å². The number of aliphatic imine (C=N–C) groups is 1. The Morgan fingerprint density at radius 2 is 2.04 bits per heavy atom. The van der Waals surface area contributed by atoms with Gasteiger partial charge in [-0.1, -0.05) is 0 Å².